The molecule has 0 fully saturated rings. The molecule has 1 N–H and O–H groups in total. The Morgan fingerprint density at radius 1 is 1.00 bits per heavy atom. The van der Waals surface area contributed by atoms with Gasteiger partial charge in [-0.15, -0.1) is 0 Å². The third-order valence-electron chi connectivity index (χ3n) is 4.71. The topological polar surface area (TPSA) is 80.6 Å². The summed E-state index contributed by atoms with van der Waals surface area (Å²) in [6, 6.07) is 4.05. The van der Waals surface area contributed by atoms with E-state index < -0.39 is 11.2 Å². The molecule has 6 heteroatoms. The number of aryl methyl sites for hydroxylation is 3. The summed E-state index contributed by atoms with van der Waals surface area (Å²) in [5.74, 6) is 0.375. The molecule has 0 amide bonds. The van der Waals surface area contributed by atoms with Crippen molar-refractivity contribution >= 4 is 11.0 Å². The average molecular weight is 340 g/mol. The third-order valence-corrected chi connectivity index (χ3v) is 4.71. The van der Waals surface area contributed by atoms with Crippen LogP contribution in [0.5, 0.6) is 0 Å². The molecule has 0 spiro atoms. The van der Waals surface area contributed by atoms with Crippen molar-refractivity contribution in [3.05, 3.63) is 44.1 Å². The zero-order valence-corrected chi connectivity index (χ0v) is 15.1. The van der Waals surface area contributed by atoms with E-state index in [0.29, 0.717) is 5.82 Å². The van der Waals surface area contributed by atoms with Gasteiger partial charge < -0.3 is 4.57 Å². The number of hydrogen-bond acceptors (Lipinski definition) is 4. The molecular weight excluding hydrogens is 316 g/mol. The van der Waals surface area contributed by atoms with Gasteiger partial charge in [-0.2, -0.15) is 4.98 Å². The smallest absolute Gasteiger partial charge is 0.322 e. The highest BCUT2D eigenvalue weighted by molar-refractivity contribution is 5.81. The van der Waals surface area contributed by atoms with Gasteiger partial charge in [-0.3, -0.25) is 9.78 Å². The minimum Gasteiger partial charge on any atom is -0.322 e. The first-order valence-corrected chi connectivity index (χ1v) is 8.93. The third kappa shape index (κ3) is 3.48. The molecule has 132 valence electrons. The predicted molar refractivity (Wildman–Crippen MR) is 99.3 cm³/mol. The largest absolute Gasteiger partial charge is 0.349 e. The van der Waals surface area contributed by atoms with E-state index in [1.807, 2.05) is 17.6 Å². The van der Waals surface area contributed by atoms with E-state index in [-0.39, 0.29) is 5.69 Å². The quantitative estimate of drug-likeness (QED) is 0.552. The lowest BCUT2D eigenvalue weighted by atomic mass is 10.1. The van der Waals surface area contributed by atoms with Gasteiger partial charge >= 0.3 is 5.69 Å². The summed E-state index contributed by atoms with van der Waals surface area (Å²) in [4.78, 5) is 34.6. The second-order valence-electron chi connectivity index (χ2n) is 6.65. The van der Waals surface area contributed by atoms with Crippen molar-refractivity contribution in [1.29, 1.82) is 0 Å². The molecule has 1 aromatic rings. The molecule has 0 aliphatic carbocycles. The summed E-state index contributed by atoms with van der Waals surface area (Å²) in [5, 5.41) is 0. The van der Waals surface area contributed by atoms with Crippen molar-refractivity contribution < 1.29 is 0 Å². The van der Waals surface area contributed by atoms with Crippen LogP contribution in [0.25, 0.3) is 22.6 Å². The van der Waals surface area contributed by atoms with Gasteiger partial charge in [0.15, 0.2) is 11.5 Å². The number of aromatic nitrogens is 4. The van der Waals surface area contributed by atoms with Crippen LogP contribution in [0.1, 0.15) is 50.2 Å². The van der Waals surface area contributed by atoms with Crippen molar-refractivity contribution in [3.63, 3.8) is 0 Å². The fourth-order valence-electron chi connectivity index (χ4n) is 3.15. The predicted octanol–water partition coefficient (Wildman–Crippen LogP) is 3.17. The summed E-state index contributed by atoms with van der Waals surface area (Å²) in [5.41, 5.74) is 3.08. The molecule has 0 bridgehead atoms. The molecular formula is C19H24N4O2. The van der Waals surface area contributed by atoms with E-state index in [0.717, 1.165) is 41.5 Å². The van der Waals surface area contributed by atoms with Gasteiger partial charge in [0.05, 0.1) is 11.0 Å². The lowest BCUT2D eigenvalue weighted by molar-refractivity contribution is 0.573. The maximum Gasteiger partial charge on any atom is 0.349 e. The van der Waals surface area contributed by atoms with E-state index in [1.54, 1.807) is 0 Å². The van der Waals surface area contributed by atoms with Gasteiger partial charge in [-0.1, -0.05) is 32.6 Å². The molecule has 2 heterocycles. The van der Waals surface area contributed by atoms with Gasteiger partial charge in [0, 0.05) is 6.54 Å². The van der Waals surface area contributed by atoms with Gasteiger partial charge in [-0.05, 0) is 43.5 Å². The summed E-state index contributed by atoms with van der Waals surface area (Å²) in [6.45, 7) is 6.99. The number of nitrogens with zero attached hydrogens (tertiary/aromatic N) is 3. The maximum absolute atomic E-state index is 12.2. The number of fused-ring (bicyclic) bond motifs is 2. The minimum absolute atomic E-state index is 0.226. The minimum atomic E-state index is -0.623. The zero-order chi connectivity index (χ0) is 18.0. The van der Waals surface area contributed by atoms with Crippen molar-refractivity contribution in [2.75, 3.05) is 0 Å². The molecule has 1 aromatic carbocycles. The van der Waals surface area contributed by atoms with Gasteiger partial charge in [0.2, 0.25) is 0 Å². The molecule has 0 atom stereocenters. The summed E-state index contributed by atoms with van der Waals surface area (Å²) in [7, 11) is 0. The van der Waals surface area contributed by atoms with Gasteiger partial charge in [0.25, 0.3) is 5.56 Å². The Bertz CT molecular complexity index is 987. The van der Waals surface area contributed by atoms with Gasteiger partial charge in [0.1, 0.15) is 0 Å². The molecule has 0 unspecified atom stereocenters. The van der Waals surface area contributed by atoms with Crippen LogP contribution in [0.3, 0.4) is 0 Å². The van der Waals surface area contributed by atoms with Crippen LogP contribution in [0.15, 0.2) is 21.7 Å². The lowest BCUT2D eigenvalue weighted by Crippen LogP contribution is -2.29. The Morgan fingerprint density at radius 2 is 1.72 bits per heavy atom. The Labute approximate surface area is 146 Å². The molecule has 3 rings (SSSR count). The van der Waals surface area contributed by atoms with Crippen LogP contribution in [-0.2, 0) is 6.54 Å². The monoisotopic (exact) mass is 340 g/mol. The first-order valence-electron chi connectivity index (χ1n) is 8.93. The van der Waals surface area contributed by atoms with Crippen LogP contribution in [0.2, 0.25) is 0 Å². The fourth-order valence-corrected chi connectivity index (χ4v) is 3.15. The normalized spacial score (nSPS) is 11.5. The Kier molecular flexibility index (Phi) is 4.97. The van der Waals surface area contributed by atoms with E-state index in [4.69, 9.17) is 0 Å². The SMILES string of the molecule is CCCCCCCn1c2nc(=O)[nH]c(=O)c-2nc2cc(C)c(C)cc21. The summed E-state index contributed by atoms with van der Waals surface area (Å²) >= 11 is 0. The number of aromatic amines is 1. The summed E-state index contributed by atoms with van der Waals surface area (Å²) < 4.78 is 1.98. The van der Waals surface area contributed by atoms with Gasteiger partial charge in [-0.25, -0.2) is 9.78 Å². The molecule has 2 aliphatic heterocycles. The second kappa shape index (κ2) is 7.17. The highest BCUT2D eigenvalue weighted by atomic mass is 16.2. The molecule has 0 saturated carbocycles. The number of nitrogens with one attached hydrogen (secondary N) is 1. The van der Waals surface area contributed by atoms with Crippen LogP contribution >= 0.6 is 0 Å². The molecule has 0 radical (unpaired) electrons. The fraction of sp³-hybridized carbons (Fsp3) is 0.474. The lowest BCUT2D eigenvalue weighted by Gasteiger charge is -2.17. The molecule has 25 heavy (non-hydrogen) atoms. The van der Waals surface area contributed by atoms with E-state index in [9.17, 15) is 9.59 Å². The number of benzene rings is 1. The highest BCUT2D eigenvalue weighted by Crippen LogP contribution is 2.24. The van der Waals surface area contributed by atoms with E-state index in [2.05, 4.69) is 34.9 Å². The molecule has 6 nitrogen and oxygen atoms in total. The number of unbranched alkanes of at least 4 members (excludes halogenated alkanes) is 4. The zero-order valence-electron chi connectivity index (χ0n) is 15.1. The Hall–Kier alpha value is -2.50. The number of rotatable bonds is 6. The Balaban J connectivity index is 2.16. The van der Waals surface area contributed by atoms with Crippen molar-refractivity contribution in [1.82, 2.24) is 19.5 Å². The molecule has 2 aliphatic rings. The van der Waals surface area contributed by atoms with Crippen LogP contribution < -0.4 is 11.2 Å². The first kappa shape index (κ1) is 17.3. The van der Waals surface area contributed by atoms with Crippen molar-refractivity contribution in [2.45, 2.75) is 59.4 Å². The van der Waals surface area contributed by atoms with Crippen molar-refractivity contribution in [3.8, 4) is 11.5 Å². The van der Waals surface area contributed by atoms with Crippen LogP contribution in [-0.4, -0.2) is 19.5 Å². The highest BCUT2D eigenvalue weighted by Gasteiger charge is 2.18. The van der Waals surface area contributed by atoms with Crippen LogP contribution in [0.4, 0.5) is 0 Å². The van der Waals surface area contributed by atoms with Crippen LogP contribution in [0, 0.1) is 13.8 Å². The van der Waals surface area contributed by atoms with E-state index in [1.165, 1.54) is 19.3 Å². The Morgan fingerprint density at radius 3 is 2.48 bits per heavy atom. The summed E-state index contributed by atoms with van der Waals surface area (Å²) in [6.07, 6.45) is 5.71. The average Bonchev–Trinajstić information content (AvgIpc) is 2.56. The second-order valence-corrected chi connectivity index (χ2v) is 6.65. The number of H-pyrrole nitrogens is 1. The maximum atomic E-state index is 12.2. The molecule has 0 saturated heterocycles. The standard InChI is InChI=1S/C19H24N4O2/c1-4-5-6-7-8-9-23-15-11-13(3)12(2)10-14(15)20-16-17(23)21-19(25)22-18(16)24/h10-11H,4-9H2,1-3H3,(H,22,24,25). The first-order chi connectivity index (χ1) is 12.0. The van der Waals surface area contributed by atoms with E-state index >= 15 is 0 Å². The molecule has 0 aromatic heterocycles. The number of hydrogen-bond donors (Lipinski definition) is 1. The van der Waals surface area contributed by atoms with Crippen molar-refractivity contribution in [2.24, 2.45) is 0 Å².